The fourth-order valence-corrected chi connectivity index (χ4v) is 2.08. The second-order valence-corrected chi connectivity index (χ2v) is 4.80. The Morgan fingerprint density at radius 2 is 2.12 bits per heavy atom. The maximum absolute atomic E-state index is 11.9. The van der Waals surface area contributed by atoms with Gasteiger partial charge in [-0.2, -0.15) is 0 Å². The van der Waals surface area contributed by atoms with Crippen LogP contribution in [0.4, 0.5) is 0 Å². The summed E-state index contributed by atoms with van der Waals surface area (Å²) in [6, 6.07) is 0. The molecule has 1 fully saturated rings. The lowest BCUT2D eigenvalue weighted by Crippen LogP contribution is -2.49. The van der Waals surface area contributed by atoms with Gasteiger partial charge in [-0.25, -0.2) is 0 Å². The summed E-state index contributed by atoms with van der Waals surface area (Å²) in [6.07, 6.45) is 3.45. The molecule has 4 heteroatoms. The Morgan fingerprint density at radius 1 is 1.44 bits per heavy atom. The summed E-state index contributed by atoms with van der Waals surface area (Å²) in [7, 11) is 0. The van der Waals surface area contributed by atoms with Crippen LogP contribution in [0.25, 0.3) is 0 Å². The summed E-state index contributed by atoms with van der Waals surface area (Å²) >= 11 is 0. The molecular weight excluding hydrogens is 206 g/mol. The van der Waals surface area contributed by atoms with Gasteiger partial charge < -0.3 is 9.64 Å². The number of nitrogens with zero attached hydrogens (tertiary/aromatic N) is 1. The number of carbonyl (C=O) groups is 2. The smallest absolute Gasteiger partial charge is 0.325 e. The molecule has 0 unspecified atom stereocenters. The number of hydrogen-bond acceptors (Lipinski definition) is 3. The first kappa shape index (κ1) is 13.0. The molecule has 0 spiro atoms. The number of rotatable bonds is 3. The fourth-order valence-electron chi connectivity index (χ4n) is 2.08. The van der Waals surface area contributed by atoms with E-state index in [0.29, 0.717) is 13.0 Å². The third-order valence-corrected chi connectivity index (χ3v) is 3.05. The monoisotopic (exact) mass is 227 g/mol. The number of carbonyl (C=O) groups excluding carboxylic acids is 2. The molecule has 0 atom stereocenters. The van der Waals surface area contributed by atoms with E-state index >= 15 is 0 Å². The van der Waals surface area contributed by atoms with E-state index < -0.39 is 0 Å². The molecule has 4 nitrogen and oxygen atoms in total. The quantitative estimate of drug-likeness (QED) is 0.690. The van der Waals surface area contributed by atoms with Crippen LogP contribution < -0.4 is 0 Å². The first-order chi connectivity index (χ1) is 7.47. The van der Waals surface area contributed by atoms with Crippen LogP contribution in [0.2, 0.25) is 0 Å². The van der Waals surface area contributed by atoms with Gasteiger partial charge in [0.25, 0.3) is 0 Å². The second kappa shape index (κ2) is 5.32. The Kier molecular flexibility index (Phi) is 4.33. The lowest BCUT2D eigenvalue weighted by atomic mass is 9.97. The topological polar surface area (TPSA) is 46.6 Å². The second-order valence-electron chi connectivity index (χ2n) is 4.80. The minimum Gasteiger partial charge on any atom is -0.465 e. The van der Waals surface area contributed by atoms with Crippen LogP contribution in [0.15, 0.2) is 0 Å². The summed E-state index contributed by atoms with van der Waals surface area (Å²) in [6.45, 7) is 6.24. The Labute approximate surface area is 96.9 Å². The van der Waals surface area contributed by atoms with Crippen LogP contribution in [-0.2, 0) is 14.3 Å². The van der Waals surface area contributed by atoms with E-state index in [-0.39, 0.29) is 24.0 Å². The van der Waals surface area contributed by atoms with E-state index in [0.717, 1.165) is 19.3 Å². The molecule has 1 aliphatic heterocycles. The molecule has 1 rings (SSSR count). The molecule has 0 aromatic rings. The van der Waals surface area contributed by atoms with Crippen molar-refractivity contribution >= 4 is 11.9 Å². The summed E-state index contributed by atoms with van der Waals surface area (Å²) < 4.78 is 4.89. The van der Waals surface area contributed by atoms with Crippen LogP contribution in [0.3, 0.4) is 0 Å². The Hall–Kier alpha value is -1.06. The Bertz CT molecular complexity index is 273. The zero-order chi connectivity index (χ0) is 12.2. The van der Waals surface area contributed by atoms with Crippen LogP contribution in [0.1, 0.15) is 46.5 Å². The van der Waals surface area contributed by atoms with Crippen LogP contribution in [-0.4, -0.2) is 35.5 Å². The summed E-state index contributed by atoms with van der Waals surface area (Å²) in [5, 5.41) is 0. The van der Waals surface area contributed by atoms with Crippen molar-refractivity contribution < 1.29 is 14.3 Å². The maximum atomic E-state index is 11.9. The largest absolute Gasteiger partial charge is 0.465 e. The minimum absolute atomic E-state index is 0.0653. The molecule has 1 saturated heterocycles. The van der Waals surface area contributed by atoms with Gasteiger partial charge in [0.15, 0.2) is 0 Å². The average molecular weight is 227 g/mol. The SMILES string of the molecule is CCOC(=O)CN1C(=O)CCCCC1(C)C. The van der Waals surface area contributed by atoms with E-state index in [1.165, 1.54) is 0 Å². The molecule has 0 saturated carbocycles. The van der Waals surface area contributed by atoms with Crippen molar-refractivity contribution in [3.8, 4) is 0 Å². The number of esters is 1. The molecule has 0 radical (unpaired) electrons. The first-order valence-electron chi connectivity index (χ1n) is 5.93. The first-order valence-corrected chi connectivity index (χ1v) is 5.93. The Morgan fingerprint density at radius 3 is 2.75 bits per heavy atom. The molecule has 0 N–H and O–H groups in total. The number of amides is 1. The van der Waals surface area contributed by atoms with Gasteiger partial charge in [-0.05, 0) is 33.6 Å². The normalized spacial score (nSPS) is 20.4. The van der Waals surface area contributed by atoms with E-state index in [1.54, 1.807) is 11.8 Å². The highest BCUT2D eigenvalue weighted by Gasteiger charge is 2.34. The van der Waals surface area contributed by atoms with Gasteiger partial charge in [-0.1, -0.05) is 6.42 Å². The highest BCUT2D eigenvalue weighted by atomic mass is 16.5. The maximum Gasteiger partial charge on any atom is 0.325 e. The number of likely N-dealkylation sites (tertiary alicyclic amines) is 1. The standard InChI is InChI=1S/C12H21NO3/c1-4-16-11(15)9-13-10(14)7-5-6-8-12(13,2)3/h4-9H2,1-3H3. The van der Waals surface area contributed by atoms with Crippen LogP contribution >= 0.6 is 0 Å². The van der Waals surface area contributed by atoms with E-state index in [9.17, 15) is 9.59 Å². The molecule has 16 heavy (non-hydrogen) atoms. The van der Waals surface area contributed by atoms with Crippen LogP contribution in [0.5, 0.6) is 0 Å². The van der Waals surface area contributed by atoms with Crippen molar-refractivity contribution in [3.63, 3.8) is 0 Å². The van der Waals surface area contributed by atoms with Gasteiger partial charge in [0.05, 0.1) is 6.61 Å². The van der Waals surface area contributed by atoms with Gasteiger partial charge >= 0.3 is 5.97 Å². The third kappa shape index (κ3) is 3.22. The predicted octanol–water partition coefficient (Wildman–Crippen LogP) is 1.73. The molecular formula is C12H21NO3. The molecule has 1 aliphatic rings. The zero-order valence-corrected chi connectivity index (χ0v) is 10.4. The van der Waals surface area contributed by atoms with Crippen molar-refractivity contribution in [2.45, 2.75) is 52.0 Å². The third-order valence-electron chi connectivity index (χ3n) is 3.05. The minimum atomic E-state index is -0.314. The predicted molar refractivity (Wildman–Crippen MR) is 60.9 cm³/mol. The van der Waals surface area contributed by atoms with Gasteiger partial charge in [0, 0.05) is 12.0 Å². The molecule has 92 valence electrons. The summed E-state index contributed by atoms with van der Waals surface area (Å²) in [5.41, 5.74) is -0.236. The fraction of sp³-hybridized carbons (Fsp3) is 0.833. The van der Waals surface area contributed by atoms with Crippen molar-refractivity contribution in [3.05, 3.63) is 0 Å². The van der Waals surface area contributed by atoms with Crippen molar-refractivity contribution in [2.24, 2.45) is 0 Å². The Balaban J connectivity index is 2.71. The van der Waals surface area contributed by atoms with Crippen molar-refractivity contribution in [2.75, 3.05) is 13.2 Å². The van der Waals surface area contributed by atoms with E-state index in [4.69, 9.17) is 4.74 Å². The molecule has 0 aromatic heterocycles. The van der Waals surface area contributed by atoms with Gasteiger partial charge in [-0.3, -0.25) is 9.59 Å². The highest BCUT2D eigenvalue weighted by Crippen LogP contribution is 2.26. The van der Waals surface area contributed by atoms with Gasteiger partial charge in [-0.15, -0.1) is 0 Å². The molecule has 0 bridgehead atoms. The van der Waals surface area contributed by atoms with Crippen molar-refractivity contribution in [1.29, 1.82) is 0 Å². The zero-order valence-electron chi connectivity index (χ0n) is 10.4. The average Bonchev–Trinajstić information content (AvgIpc) is 2.31. The van der Waals surface area contributed by atoms with Gasteiger partial charge in [0.1, 0.15) is 6.54 Å². The molecule has 1 amide bonds. The summed E-state index contributed by atoms with van der Waals surface area (Å²) in [5.74, 6) is -0.249. The lowest BCUT2D eigenvalue weighted by Gasteiger charge is -2.36. The highest BCUT2D eigenvalue weighted by molar-refractivity contribution is 5.83. The van der Waals surface area contributed by atoms with Crippen molar-refractivity contribution in [1.82, 2.24) is 4.90 Å². The number of ether oxygens (including phenoxy) is 1. The number of hydrogen-bond donors (Lipinski definition) is 0. The molecule has 1 heterocycles. The van der Waals surface area contributed by atoms with Gasteiger partial charge in [0.2, 0.25) is 5.91 Å². The summed E-state index contributed by atoms with van der Waals surface area (Å²) in [4.78, 5) is 25.0. The van der Waals surface area contributed by atoms with E-state index in [2.05, 4.69) is 0 Å². The van der Waals surface area contributed by atoms with E-state index in [1.807, 2.05) is 13.8 Å². The lowest BCUT2D eigenvalue weighted by molar-refractivity contribution is -0.152. The van der Waals surface area contributed by atoms with Crippen LogP contribution in [0, 0.1) is 0 Å². The molecule has 0 aliphatic carbocycles. The molecule has 0 aromatic carbocycles.